The number of benzene rings is 1. The summed E-state index contributed by atoms with van der Waals surface area (Å²) >= 11 is 0. The van der Waals surface area contributed by atoms with E-state index in [9.17, 15) is 14.4 Å². The first-order valence-electron chi connectivity index (χ1n) is 14.2. The Bertz CT molecular complexity index is 1140. The minimum Gasteiger partial charge on any atom is -0.342 e. The molecule has 0 bridgehead atoms. The number of ketones is 1. The fraction of sp³-hybridized carbons (Fsp3) is 0.567. The Morgan fingerprint density at radius 3 is 2.71 bits per heavy atom. The zero-order valence-corrected chi connectivity index (χ0v) is 22.4. The van der Waals surface area contributed by atoms with Crippen molar-refractivity contribution in [2.75, 3.05) is 19.6 Å². The predicted octanol–water partition coefficient (Wildman–Crippen LogP) is 3.86. The van der Waals surface area contributed by atoms with Gasteiger partial charge in [-0.3, -0.25) is 19.3 Å². The van der Waals surface area contributed by atoms with Gasteiger partial charge in [0.25, 0.3) is 5.91 Å². The maximum atomic E-state index is 13.3. The average molecular weight is 518 g/mol. The van der Waals surface area contributed by atoms with Crippen LogP contribution in [0.2, 0.25) is 0 Å². The van der Waals surface area contributed by atoms with Gasteiger partial charge < -0.3 is 10.2 Å². The Morgan fingerprint density at radius 2 is 1.92 bits per heavy atom. The number of likely N-dealkylation sites (tertiary alicyclic amines) is 1. The van der Waals surface area contributed by atoms with Crippen LogP contribution < -0.4 is 5.32 Å². The molecule has 2 amide bonds. The average Bonchev–Trinajstić information content (AvgIpc) is 3.38. The van der Waals surface area contributed by atoms with Gasteiger partial charge in [0.05, 0.1) is 18.3 Å². The molecule has 1 N–H and O–H groups in total. The number of nitrogens with zero attached hydrogens (tertiary/aromatic N) is 4. The second kappa shape index (κ2) is 12.2. The lowest BCUT2D eigenvalue weighted by molar-refractivity contribution is -0.133. The highest BCUT2D eigenvalue weighted by Gasteiger charge is 2.31. The van der Waals surface area contributed by atoms with E-state index in [-0.39, 0.29) is 29.4 Å². The number of nitrogens with one attached hydrogen (secondary N) is 1. The van der Waals surface area contributed by atoms with Crippen LogP contribution >= 0.6 is 0 Å². The van der Waals surface area contributed by atoms with Crippen LogP contribution in [0.5, 0.6) is 0 Å². The number of carbonyl (C=O) groups excluding carboxylic acids is 3. The summed E-state index contributed by atoms with van der Waals surface area (Å²) < 4.78 is 0. The summed E-state index contributed by atoms with van der Waals surface area (Å²) in [5, 5.41) is 3.09. The first-order chi connectivity index (χ1) is 18.5. The van der Waals surface area contributed by atoms with Crippen LogP contribution in [0, 0.1) is 5.92 Å². The number of hydrogen-bond acceptors (Lipinski definition) is 6. The molecule has 1 aromatic carbocycles. The number of fused-ring (bicyclic) bond motifs is 1. The normalized spacial score (nSPS) is 21.1. The third-order valence-corrected chi connectivity index (χ3v) is 8.50. The Hall–Kier alpha value is -3.13. The Balaban J connectivity index is 1.21. The van der Waals surface area contributed by atoms with Crippen molar-refractivity contribution < 1.29 is 14.4 Å². The SMILES string of the molecule is CCC(=O)C(NC(=O)c1cccc(C2CCCN(C(=O)CN3Cc4cncnc4C3)C2)c1)C1CCCCC1. The standard InChI is InChI=1S/C30H39N5O3/c1-2-27(36)29(21-8-4-3-5-9-21)33-30(38)23-11-6-10-22(14-23)24-12-7-13-35(17-24)28(37)19-34-16-25-15-31-20-32-26(25)18-34/h6,10-11,14-15,20-21,24,29H,2-5,7-9,12-13,16-19H2,1H3,(H,33,38). The molecule has 3 heterocycles. The Kier molecular flexibility index (Phi) is 8.47. The van der Waals surface area contributed by atoms with Crippen molar-refractivity contribution in [2.45, 2.75) is 83.3 Å². The third-order valence-electron chi connectivity index (χ3n) is 8.50. The number of Topliss-reactive ketones (excluding diaryl/α,β-unsaturated/α-hetero) is 1. The van der Waals surface area contributed by atoms with Gasteiger partial charge in [-0.2, -0.15) is 0 Å². The van der Waals surface area contributed by atoms with Crippen LogP contribution in [-0.4, -0.2) is 63.0 Å². The maximum absolute atomic E-state index is 13.3. The summed E-state index contributed by atoms with van der Waals surface area (Å²) in [5.74, 6) is 0.503. The van der Waals surface area contributed by atoms with Gasteiger partial charge in [-0.05, 0) is 49.3 Å². The van der Waals surface area contributed by atoms with Crippen LogP contribution in [0.1, 0.15) is 91.4 Å². The molecule has 38 heavy (non-hydrogen) atoms. The highest BCUT2D eigenvalue weighted by molar-refractivity contribution is 5.98. The molecule has 2 aromatic rings. The molecule has 1 saturated carbocycles. The number of rotatable bonds is 8. The molecule has 202 valence electrons. The predicted molar refractivity (Wildman–Crippen MR) is 144 cm³/mol. The number of carbonyl (C=O) groups is 3. The van der Waals surface area contributed by atoms with E-state index in [1.54, 1.807) is 6.33 Å². The van der Waals surface area contributed by atoms with Crippen LogP contribution in [0.25, 0.3) is 0 Å². The molecule has 5 rings (SSSR count). The summed E-state index contributed by atoms with van der Waals surface area (Å²) in [7, 11) is 0. The van der Waals surface area contributed by atoms with Gasteiger partial charge >= 0.3 is 0 Å². The largest absolute Gasteiger partial charge is 0.342 e. The third kappa shape index (κ3) is 6.12. The lowest BCUT2D eigenvalue weighted by Gasteiger charge is -2.34. The zero-order valence-electron chi connectivity index (χ0n) is 22.4. The molecule has 2 aliphatic heterocycles. The molecule has 3 aliphatic rings. The van der Waals surface area contributed by atoms with E-state index in [1.807, 2.05) is 36.2 Å². The van der Waals surface area contributed by atoms with Crippen LogP contribution in [0.3, 0.4) is 0 Å². The second-order valence-electron chi connectivity index (χ2n) is 11.1. The van der Waals surface area contributed by atoms with E-state index >= 15 is 0 Å². The number of aromatic nitrogens is 2. The molecule has 1 saturated heterocycles. The van der Waals surface area contributed by atoms with Gasteiger partial charge in [-0.15, -0.1) is 0 Å². The molecule has 1 aromatic heterocycles. The quantitative estimate of drug-likeness (QED) is 0.571. The van der Waals surface area contributed by atoms with Gasteiger partial charge in [-0.25, -0.2) is 9.97 Å². The topological polar surface area (TPSA) is 95.5 Å². The van der Waals surface area contributed by atoms with Crippen molar-refractivity contribution in [2.24, 2.45) is 5.92 Å². The lowest BCUT2D eigenvalue weighted by Crippen LogP contribution is -2.46. The smallest absolute Gasteiger partial charge is 0.251 e. The minimum atomic E-state index is -0.401. The fourth-order valence-electron chi connectivity index (χ4n) is 6.35. The molecule has 0 radical (unpaired) electrons. The van der Waals surface area contributed by atoms with Crippen LogP contribution in [0.15, 0.2) is 36.8 Å². The van der Waals surface area contributed by atoms with Gasteiger partial charge in [-0.1, -0.05) is 38.3 Å². The van der Waals surface area contributed by atoms with E-state index in [0.29, 0.717) is 38.2 Å². The van der Waals surface area contributed by atoms with Crippen LogP contribution in [-0.2, 0) is 22.7 Å². The minimum absolute atomic E-state index is 0.121. The molecular formula is C30H39N5O3. The van der Waals surface area contributed by atoms with Crippen molar-refractivity contribution in [3.63, 3.8) is 0 Å². The Morgan fingerprint density at radius 1 is 1.08 bits per heavy atom. The lowest BCUT2D eigenvalue weighted by atomic mass is 9.81. The van der Waals surface area contributed by atoms with Crippen molar-refractivity contribution in [3.8, 4) is 0 Å². The van der Waals surface area contributed by atoms with E-state index < -0.39 is 6.04 Å². The number of piperidine rings is 1. The van der Waals surface area contributed by atoms with E-state index in [4.69, 9.17) is 0 Å². The second-order valence-corrected chi connectivity index (χ2v) is 11.1. The Labute approximate surface area is 225 Å². The summed E-state index contributed by atoms with van der Waals surface area (Å²) in [4.78, 5) is 51.7. The van der Waals surface area contributed by atoms with E-state index in [1.165, 1.54) is 6.42 Å². The van der Waals surface area contributed by atoms with Gasteiger partial charge in [0, 0.05) is 55.8 Å². The van der Waals surface area contributed by atoms with Gasteiger partial charge in [0.1, 0.15) is 6.33 Å². The summed E-state index contributed by atoms with van der Waals surface area (Å²) in [5.41, 5.74) is 3.77. The summed E-state index contributed by atoms with van der Waals surface area (Å²) in [6, 6.07) is 7.36. The first kappa shape index (κ1) is 26.5. The zero-order chi connectivity index (χ0) is 26.5. The maximum Gasteiger partial charge on any atom is 0.251 e. The molecule has 2 atom stereocenters. The highest BCUT2D eigenvalue weighted by Crippen LogP contribution is 2.30. The molecule has 8 nitrogen and oxygen atoms in total. The van der Waals surface area contributed by atoms with Crippen molar-refractivity contribution >= 4 is 17.6 Å². The van der Waals surface area contributed by atoms with Crippen LogP contribution in [0.4, 0.5) is 0 Å². The monoisotopic (exact) mass is 517 g/mol. The van der Waals surface area contributed by atoms with E-state index in [2.05, 4.69) is 26.3 Å². The highest BCUT2D eigenvalue weighted by atomic mass is 16.2. The van der Waals surface area contributed by atoms with Crippen molar-refractivity contribution in [3.05, 3.63) is 59.2 Å². The molecule has 1 aliphatic carbocycles. The summed E-state index contributed by atoms with van der Waals surface area (Å²) in [6.07, 6.45) is 11.2. The van der Waals surface area contributed by atoms with Crippen molar-refractivity contribution in [1.82, 2.24) is 25.1 Å². The van der Waals surface area contributed by atoms with Crippen molar-refractivity contribution in [1.29, 1.82) is 0 Å². The fourth-order valence-corrected chi connectivity index (χ4v) is 6.35. The molecule has 0 spiro atoms. The van der Waals surface area contributed by atoms with E-state index in [0.717, 1.165) is 61.9 Å². The number of hydrogen-bond donors (Lipinski definition) is 1. The molecule has 2 fully saturated rings. The number of amides is 2. The molecule has 2 unspecified atom stereocenters. The van der Waals surface area contributed by atoms with Gasteiger partial charge in [0.15, 0.2) is 5.78 Å². The molecule has 8 heteroatoms. The first-order valence-corrected chi connectivity index (χ1v) is 14.2. The van der Waals surface area contributed by atoms with Gasteiger partial charge in [0.2, 0.25) is 5.91 Å². The summed E-state index contributed by atoms with van der Waals surface area (Å²) in [6.45, 7) is 5.05. The molecular weight excluding hydrogens is 478 g/mol.